The van der Waals surface area contributed by atoms with Crippen LogP contribution in [0.1, 0.15) is 31.2 Å². The first-order chi connectivity index (χ1) is 9.51. The minimum Gasteiger partial charge on any atom is -0.481 e. The quantitative estimate of drug-likeness (QED) is 0.848. The molecule has 2 N–H and O–H groups in total. The lowest BCUT2D eigenvalue weighted by molar-refractivity contribution is -0.141. The van der Waals surface area contributed by atoms with E-state index in [1.807, 2.05) is 18.2 Å². The highest BCUT2D eigenvalue weighted by Crippen LogP contribution is 2.43. The molecule has 2 rings (SSSR count). The molecule has 0 radical (unpaired) electrons. The lowest BCUT2D eigenvalue weighted by Crippen LogP contribution is -2.43. The average molecular weight is 296 g/mol. The van der Waals surface area contributed by atoms with Crippen LogP contribution in [0.4, 0.5) is 0 Å². The number of amides is 1. The van der Waals surface area contributed by atoms with Gasteiger partial charge in [0.1, 0.15) is 0 Å². The highest BCUT2D eigenvalue weighted by molar-refractivity contribution is 6.31. The minimum atomic E-state index is -0.801. The maximum atomic E-state index is 11.9. The number of hydrogen-bond donors (Lipinski definition) is 2. The maximum Gasteiger partial charge on any atom is 0.303 e. The van der Waals surface area contributed by atoms with Crippen LogP contribution >= 0.6 is 11.6 Å². The van der Waals surface area contributed by atoms with Crippen molar-refractivity contribution in [2.75, 3.05) is 6.54 Å². The van der Waals surface area contributed by atoms with Gasteiger partial charge in [0.05, 0.1) is 12.8 Å². The zero-order valence-electron chi connectivity index (χ0n) is 11.2. The third kappa shape index (κ3) is 3.73. The van der Waals surface area contributed by atoms with Gasteiger partial charge in [0.15, 0.2) is 0 Å². The van der Waals surface area contributed by atoms with Gasteiger partial charge < -0.3 is 10.4 Å². The minimum absolute atomic E-state index is 0.116. The van der Waals surface area contributed by atoms with E-state index in [-0.39, 0.29) is 24.2 Å². The number of nitrogens with one attached hydrogen (secondary N) is 1. The molecule has 1 aromatic rings. The number of carbonyl (C=O) groups is 2. The number of carboxylic acids is 1. The van der Waals surface area contributed by atoms with Crippen molar-refractivity contribution in [2.24, 2.45) is 5.41 Å². The first-order valence-corrected chi connectivity index (χ1v) is 7.10. The second-order valence-corrected chi connectivity index (χ2v) is 5.88. The Morgan fingerprint density at radius 2 is 2.00 bits per heavy atom. The third-order valence-corrected chi connectivity index (χ3v) is 4.28. The van der Waals surface area contributed by atoms with Crippen LogP contribution in [0.3, 0.4) is 0 Å². The summed E-state index contributed by atoms with van der Waals surface area (Å²) >= 11 is 6.01. The van der Waals surface area contributed by atoms with Crippen molar-refractivity contribution in [3.63, 3.8) is 0 Å². The van der Waals surface area contributed by atoms with Crippen LogP contribution in [0.5, 0.6) is 0 Å². The predicted octanol–water partition coefficient (Wildman–Crippen LogP) is 2.64. The van der Waals surface area contributed by atoms with Crippen molar-refractivity contribution in [1.82, 2.24) is 5.32 Å². The Labute approximate surface area is 123 Å². The summed E-state index contributed by atoms with van der Waals surface area (Å²) in [7, 11) is 0. The van der Waals surface area contributed by atoms with Gasteiger partial charge in [-0.25, -0.2) is 0 Å². The molecule has 0 saturated heterocycles. The summed E-state index contributed by atoms with van der Waals surface area (Å²) < 4.78 is 0. The van der Waals surface area contributed by atoms with Crippen molar-refractivity contribution in [1.29, 1.82) is 0 Å². The van der Waals surface area contributed by atoms with E-state index in [2.05, 4.69) is 5.32 Å². The van der Waals surface area contributed by atoms with Crippen molar-refractivity contribution in [3.8, 4) is 0 Å². The van der Waals surface area contributed by atoms with E-state index in [1.54, 1.807) is 6.07 Å². The summed E-state index contributed by atoms with van der Waals surface area (Å²) in [5.74, 6) is -0.917. The molecule has 0 unspecified atom stereocenters. The van der Waals surface area contributed by atoms with Gasteiger partial charge in [-0.3, -0.25) is 9.59 Å². The van der Waals surface area contributed by atoms with E-state index in [0.29, 0.717) is 11.6 Å². The second kappa shape index (κ2) is 6.27. The van der Waals surface area contributed by atoms with E-state index in [9.17, 15) is 9.59 Å². The molecule has 1 saturated carbocycles. The van der Waals surface area contributed by atoms with Gasteiger partial charge in [-0.05, 0) is 29.9 Å². The van der Waals surface area contributed by atoms with Gasteiger partial charge in [-0.15, -0.1) is 0 Å². The molecule has 0 aliphatic heterocycles. The Bertz CT molecular complexity index is 512. The summed E-state index contributed by atoms with van der Waals surface area (Å²) in [6, 6.07) is 7.23. The molecule has 0 atom stereocenters. The lowest BCUT2D eigenvalue weighted by atomic mass is 9.66. The Kier molecular flexibility index (Phi) is 4.65. The molecule has 4 nitrogen and oxygen atoms in total. The molecule has 1 fully saturated rings. The van der Waals surface area contributed by atoms with Gasteiger partial charge >= 0.3 is 5.97 Å². The van der Waals surface area contributed by atoms with Gasteiger partial charge in [0.25, 0.3) is 0 Å². The number of halogens is 1. The first-order valence-electron chi connectivity index (χ1n) is 6.73. The lowest BCUT2D eigenvalue weighted by Gasteiger charge is -2.40. The van der Waals surface area contributed by atoms with Crippen molar-refractivity contribution in [2.45, 2.75) is 32.1 Å². The summed E-state index contributed by atoms with van der Waals surface area (Å²) in [6.45, 7) is 0.433. The largest absolute Gasteiger partial charge is 0.481 e. The number of hydrogen-bond acceptors (Lipinski definition) is 2. The molecule has 1 amide bonds. The van der Waals surface area contributed by atoms with Gasteiger partial charge in [0, 0.05) is 11.6 Å². The molecule has 0 heterocycles. The van der Waals surface area contributed by atoms with E-state index in [0.717, 1.165) is 24.8 Å². The first kappa shape index (κ1) is 14.9. The number of carbonyl (C=O) groups excluding carboxylic acids is 1. The Morgan fingerprint density at radius 3 is 2.55 bits per heavy atom. The van der Waals surface area contributed by atoms with E-state index >= 15 is 0 Å². The summed E-state index contributed by atoms with van der Waals surface area (Å²) in [4.78, 5) is 22.8. The average Bonchev–Trinajstić information content (AvgIpc) is 2.35. The van der Waals surface area contributed by atoms with Crippen LogP contribution < -0.4 is 5.32 Å². The molecule has 108 valence electrons. The van der Waals surface area contributed by atoms with Crippen molar-refractivity contribution in [3.05, 3.63) is 34.9 Å². The van der Waals surface area contributed by atoms with Crippen molar-refractivity contribution >= 4 is 23.5 Å². The van der Waals surface area contributed by atoms with Gasteiger partial charge in [-0.1, -0.05) is 36.2 Å². The fourth-order valence-electron chi connectivity index (χ4n) is 2.58. The maximum absolute atomic E-state index is 11.9. The third-order valence-electron chi connectivity index (χ3n) is 3.91. The molecule has 1 aliphatic carbocycles. The zero-order valence-corrected chi connectivity index (χ0v) is 11.9. The summed E-state index contributed by atoms with van der Waals surface area (Å²) in [5.41, 5.74) is 0.537. The fraction of sp³-hybridized carbons (Fsp3) is 0.467. The molecular weight excluding hydrogens is 278 g/mol. The molecule has 5 heteroatoms. The van der Waals surface area contributed by atoms with Crippen LogP contribution in [0.15, 0.2) is 24.3 Å². The summed E-state index contributed by atoms with van der Waals surface area (Å²) in [6.07, 6.45) is 3.12. The highest BCUT2D eigenvalue weighted by Gasteiger charge is 2.39. The van der Waals surface area contributed by atoms with E-state index in [4.69, 9.17) is 16.7 Å². The standard InChI is InChI=1S/C15H18ClNO3/c16-12-5-2-1-4-11(12)8-13(18)17-10-15(6-3-7-15)9-14(19)20/h1-2,4-5H,3,6-10H2,(H,17,18)(H,19,20). The highest BCUT2D eigenvalue weighted by atomic mass is 35.5. The number of benzene rings is 1. The number of carboxylic acid groups (broad SMARTS) is 1. The molecule has 0 bridgehead atoms. The van der Waals surface area contributed by atoms with E-state index < -0.39 is 5.97 Å². The van der Waals surface area contributed by atoms with Crippen LogP contribution in [0, 0.1) is 5.41 Å². The Balaban J connectivity index is 1.86. The molecule has 1 aliphatic rings. The Morgan fingerprint density at radius 1 is 1.30 bits per heavy atom. The van der Waals surface area contributed by atoms with Crippen LogP contribution in [0.2, 0.25) is 5.02 Å². The number of rotatable bonds is 6. The van der Waals surface area contributed by atoms with Crippen molar-refractivity contribution < 1.29 is 14.7 Å². The number of aliphatic carboxylic acids is 1. The van der Waals surface area contributed by atoms with Gasteiger partial charge in [-0.2, -0.15) is 0 Å². The van der Waals surface area contributed by atoms with Crippen LogP contribution in [-0.2, 0) is 16.0 Å². The Hall–Kier alpha value is -1.55. The molecule has 0 spiro atoms. The molecule has 1 aromatic carbocycles. The smallest absolute Gasteiger partial charge is 0.303 e. The molecule has 0 aromatic heterocycles. The van der Waals surface area contributed by atoms with Gasteiger partial charge in [0.2, 0.25) is 5.91 Å². The molecule has 20 heavy (non-hydrogen) atoms. The molecular formula is C15H18ClNO3. The zero-order chi connectivity index (χ0) is 14.6. The SMILES string of the molecule is O=C(O)CC1(CNC(=O)Cc2ccccc2Cl)CCC1. The van der Waals surface area contributed by atoms with Crippen LogP contribution in [-0.4, -0.2) is 23.5 Å². The second-order valence-electron chi connectivity index (χ2n) is 5.47. The normalized spacial score (nSPS) is 16.2. The predicted molar refractivity (Wildman–Crippen MR) is 76.7 cm³/mol. The van der Waals surface area contributed by atoms with E-state index in [1.165, 1.54) is 0 Å². The van der Waals surface area contributed by atoms with Crippen LogP contribution in [0.25, 0.3) is 0 Å². The fourth-order valence-corrected chi connectivity index (χ4v) is 2.78. The summed E-state index contributed by atoms with van der Waals surface area (Å²) in [5, 5.41) is 12.3. The topological polar surface area (TPSA) is 66.4 Å². The monoisotopic (exact) mass is 295 g/mol.